The number of ether oxygens (including phenoxy) is 1. The number of carbonyl (C=O) groups excluding carboxylic acids is 1. The van der Waals surface area contributed by atoms with Crippen molar-refractivity contribution in [3.63, 3.8) is 0 Å². The third kappa shape index (κ3) is 9.51. The molecular weight excluding hydrogens is 514 g/mol. The fraction of sp³-hybridized carbons (Fsp3) is 0.375. The quantitative estimate of drug-likeness (QED) is 0.219. The molecular formula is C32H41N7O2. The maximum absolute atomic E-state index is 12.2. The maximum atomic E-state index is 12.2. The van der Waals surface area contributed by atoms with Gasteiger partial charge in [-0.2, -0.15) is 0 Å². The predicted octanol–water partition coefficient (Wildman–Crippen LogP) is 4.13. The number of likely N-dealkylation sites (N-methyl/N-ethyl adjacent to an activating group) is 1. The summed E-state index contributed by atoms with van der Waals surface area (Å²) in [5.74, 6) is 0.822. The number of hydrogen-bond acceptors (Lipinski definition) is 8. The van der Waals surface area contributed by atoms with E-state index in [0.29, 0.717) is 45.6 Å². The first-order valence-corrected chi connectivity index (χ1v) is 14.0. The lowest BCUT2D eigenvalue weighted by Crippen LogP contribution is -2.31. The molecule has 0 spiro atoms. The highest BCUT2D eigenvalue weighted by atomic mass is 16.5. The zero-order chi connectivity index (χ0) is 29.0. The van der Waals surface area contributed by atoms with E-state index in [9.17, 15) is 4.79 Å². The van der Waals surface area contributed by atoms with Crippen molar-refractivity contribution in [1.29, 1.82) is 0 Å². The van der Waals surface area contributed by atoms with Crippen LogP contribution in [0.4, 0.5) is 5.69 Å². The molecule has 4 rings (SSSR count). The minimum absolute atomic E-state index is 0.0466. The van der Waals surface area contributed by atoms with E-state index >= 15 is 0 Å². The summed E-state index contributed by atoms with van der Waals surface area (Å²) in [5, 5.41) is 3.92. The smallest absolute Gasteiger partial charge is 0.220 e. The molecule has 0 saturated heterocycles. The Balaban J connectivity index is 1.52. The van der Waals surface area contributed by atoms with Crippen LogP contribution in [-0.4, -0.2) is 78.5 Å². The molecule has 0 fully saturated rings. The van der Waals surface area contributed by atoms with Gasteiger partial charge in [0.1, 0.15) is 5.75 Å². The van der Waals surface area contributed by atoms with Crippen LogP contribution in [-0.2, 0) is 24.4 Å². The number of carbonyl (C=O) groups is 1. The molecule has 0 bridgehead atoms. The van der Waals surface area contributed by atoms with Gasteiger partial charge in [0.05, 0.1) is 29.2 Å². The lowest BCUT2D eigenvalue weighted by molar-refractivity contribution is -0.121. The van der Waals surface area contributed by atoms with Crippen LogP contribution in [0.3, 0.4) is 0 Å². The number of fused-ring (bicyclic) bond motifs is 1. The fourth-order valence-corrected chi connectivity index (χ4v) is 4.47. The molecule has 1 amide bonds. The molecule has 41 heavy (non-hydrogen) atoms. The van der Waals surface area contributed by atoms with Crippen molar-refractivity contribution in [3.05, 3.63) is 90.1 Å². The summed E-state index contributed by atoms with van der Waals surface area (Å²) in [4.78, 5) is 32.7. The van der Waals surface area contributed by atoms with Gasteiger partial charge >= 0.3 is 0 Å². The number of benzene rings is 1. The largest absolute Gasteiger partial charge is 0.493 e. The summed E-state index contributed by atoms with van der Waals surface area (Å²) < 4.78 is 6.32. The molecule has 0 aliphatic heterocycles. The molecule has 0 radical (unpaired) electrons. The molecule has 0 aliphatic rings. The standard InChI is InChI=1S/C32H41N7O2/c1-37(2)18-17-35-32(40)12-9-19-41-31-20-27(36-30-14-13-28(38(3)4)21-29(30)31)24-39(22-25-10-5-7-15-33-25)23-26-11-6-8-16-34-26/h5-8,10-11,13-16,20-21H,9,12,17-19,22-24H2,1-4H3,(H,35,40). The first-order valence-electron chi connectivity index (χ1n) is 14.0. The topological polar surface area (TPSA) is 86.7 Å². The highest BCUT2D eigenvalue weighted by Crippen LogP contribution is 2.30. The van der Waals surface area contributed by atoms with Gasteiger partial charge in [0, 0.05) is 82.8 Å². The van der Waals surface area contributed by atoms with E-state index in [1.165, 1.54) is 0 Å². The molecule has 9 heteroatoms. The maximum Gasteiger partial charge on any atom is 0.220 e. The van der Waals surface area contributed by atoms with Gasteiger partial charge < -0.3 is 19.9 Å². The van der Waals surface area contributed by atoms with Crippen molar-refractivity contribution in [1.82, 2.24) is 30.1 Å². The van der Waals surface area contributed by atoms with E-state index in [0.717, 1.165) is 46.0 Å². The number of hydrogen-bond donors (Lipinski definition) is 1. The van der Waals surface area contributed by atoms with Gasteiger partial charge in [0.2, 0.25) is 5.91 Å². The van der Waals surface area contributed by atoms with Crippen LogP contribution in [0.5, 0.6) is 5.75 Å². The second kappa shape index (κ2) is 15.1. The third-order valence-electron chi connectivity index (χ3n) is 6.62. The van der Waals surface area contributed by atoms with Crippen molar-refractivity contribution in [3.8, 4) is 5.75 Å². The van der Waals surface area contributed by atoms with Crippen molar-refractivity contribution in [2.24, 2.45) is 0 Å². The highest BCUT2D eigenvalue weighted by Gasteiger charge is 2.15. The molecule has 1 N–H and O–H groups in total. The van der Waals surface area contributed by atoms with Crippen LogP contribution in [0.25, 0.3) is 10.9 Å². The minimum atomic E-state index is 0.0466. The Bertz CT molecular complexity index is 1340. The van der Waals surface area contributed by atoms with Gasteiger partial charge in [-0.25, -0.2) is 0 Å². The van der Waals surface area contributed by atoms with Crippen LogP contribution < -0.4 is 15.0 Å². The number of anilines is 1. The van der Waals surface area contributed by atoms with Crippen LogP contribution in [0.2, 0.25) is 0 Å². The average Bonchev–Trinajstić information content (AvgIpc) is 2.96. The lowest BCUT2D eigenvalue weighted by Gasteiger charge is -2.22. The average molecular weight is 556 g/mol. The van der Waals surface area contributed by atoms with Crippen LogP contribution in [0, 0.1) is 0 Å². The molecule has 0 unspecified atom stereocenters. The van der Waals surface area contributed by atoms with Crippen molar-refractivity contribution in [2.75, 3.05) is 52.8 Å². The minimum Gasteiger partial charge on any atom is -0.493 e. The van der Waals surface area contributed by atoms with Crippen molar-refractivity contribution < 1.29 is 9.53 Å². The van der Waals surface area contributed by atoms with E-state index in [-0.39, 0.29) is 5.91 Å². The number of amides is 1. The molecule has 4 aromatic rings. The first kappa shape index (κ1) is 29.9. The van der Waals surface area contributed by atoms with Crippen LogP contribution in [0.1, 0.15) is 29.9 Å². The van der Waals surface area contributed by atoms with Crippen molar-refractivity contribution in [2.45, 2.75) is 32.5 Å². The molecule has 0 atom stereocenters. The van der Waals surface area contributed by atoms with E-state index in [4.69, 9.17) is 9.72 Å². The van der Waals surface area contributed by atoms with Gasteiger partial charge in [-0.15, -0.1) is 0 Å². The Kier molecular flexibility index (Phi) is 11.0. The Morgan fingerprint density at radius 2 is 1.54 bits per heavy atom. The van der Waals surface area contributed by atoms with E-state index in [2.05, 4.69) is 37.2 Å². The second-order valence-electron chi connectivity index (χ2n) is 10.6. The zero-order valence-corrected chi connectivity index (χ0v) is 24.6. The summed E-state index contributed by atoms with van der Waals surface area (Å²) in [6, 6.07) is 20.2. The Morgan fingerprint density at radius 3 is 2.15 bits per heavy atom. The second-order valence-corrected chi connectivity index (χ2v) is 10.6. The third-order valence-corrected chi connectivity index (χ3v) is 6.62. The fourth-order valence-electron chi connectivity index (χ4n) is 4.47. The van der Waals surface area contributed by atoms with Gasteiger partial charge in [-0.1, -0.05) is 12.1 Å². The number of nitrogens with one attached hydrogen (secondary N) is 1. The zero-order valence-electron chi connectivity index (χ0n) is 24.6. The molecule has 216 valence electrons. The summed E-state index contributed by atoms with van der Waals surface area (Å²) in [6.45, 7) is 3.83. The normalized spacial score (nSPS) is 11.3. The van der Waals surface area contributed by atoms with Gasteiger partial charge in [-0.3, -0.25) is 24.6 Å². The van der Waals surface area contributed by atoms with Gasteiger partial charge in [0.15, 0.2) is 0 Å². The number of pyridine rings is 3. The Hall–Kier alpha value is -4.08. The monoisotopic (exact) mass is 555 g/mol. The number of nitrogens with zero attached hydrogens (tertiary/aromatic N) is 6. The highest BCUT2D eigenvalue weighted by molar-refractivity contribution is 5.88. The molecule has 1 aromatic carbocycles. The molecule has 3 heterocycles. The van der Waals surface area contributed by atoms with Crippen molar-refractivity contribution >= 4 is 22.5 Å². The van der Waals surface area contributed by atoms with E-state index in [1.807, 2.05) is 94.0 Å². The van der Waals surface area contributed by atoms with Crippen LogP contribution in [0.15, 0.2) is 73.1 Å². The lowest BCUT2D eigenvalue weighted by atomic mass is 10.1. The van der Waals surface area contributed by atoms with Gasteiger partial charge in [0.25, 0.3) is 0 Å². The van der Waals surface area contributed by atoms with E-state index < -0.39 is 0 Å². The Morgan fingerprint density at radius 1 is 0.854 bits per heavy atom. The van der Waals surface area contributed by atoms with E-state index in [1.54, 1.807) is 0 Å². The molecule has 0 saturated carbocycles. The van der Waals surface area contributed by atoms with Gasteiger partial charge in [-0.05, 0) is 63.0 Å². The summed E-state index contributed by atoms with van der Waals surface area (Å²) in [6.07, 6.45) is 4.69. The summed E-state index contributed by atoms with van der Waals surface area (Å²) in [5.41, 5.74) is 4.82. The molecule has 0 aliphatic carbocycles. The number of rotatable bonds is 15. The summed E-state index contributed by atoms with van der Waals surface area (Å²) in [7, 11) is 8.02. The SMILES string of the molecule is CN(C)CCNC(=O)CCCOc1cc(CN(Cc2ccccn2)Cc2ccccn2)nc2ccc(N(C)C)cc12. The molecule has 3 aromatic heterocycles. The predicted molar refractivity (Wildman–Crippen MR) is 164 cm³/mol. The van der Waals surface area contributed by atoms with Crippen LogP contribution >= 0.6 is 0 Å². The number of aromatic nitrogens is 3. The first-order chi connectivity index (χ1) is 19.9. The Labute approximate surface area is 243 Å². The summed E-state index contributed by atoms with van der Waals surface area (Å²) >= 11 is 0. The molecule has 9 nitrogen and oxygen atoms in total.